The number of nitrogen functional groups attached to an aromatic ring is 1. The van der Waals surface area contributed by atoms with Gasteiger partial charge in [0.15, 0.2) is 11.5 Å². The highest BCUT2D eigenvalue weighted by molar-refractivity contribution is 5.97. The van der Waals surface area contributed by atoms with Crippen molar-refractivity contribution < 1.29 is 23.8 Å². The summed E-state index contributed by atoms with van der Waals surface area (Å²) in [5.41, 5.74) is 7.07. The molecular weight excluding hydrogens is 312 g/mol. The highest BCUT2D eigenvalue weighted by Gasteiger charge is 2.22. The second kappa shape index (κ2) is 5.59. The van der Waals surface area contributed by atoms with E-state index in [1.165, 1.54) is 12.1 Å². The van der Waals surface area contributed by atoms with Crippen molar-refractivity contribution in [2.75, 3.05) is 12.5 Å². The van der Waals surface area contributed by atoms with Crippen molar-refractivity contribution in [2.24, 2.45) is 5.10 Å². The predicted octanol–water partition coefficient (Wildman–Crippen LogP) is 0.0526. The van der Waals surface area contributed by atoms with E-state index in [0.29, 0.717) is 5.75 Å². The number of fused-ring (bicyclic) bond motifs is 1. The molecule has 0 radical (unpaired) electrons. The van der Waals surface area contributed by atoms with E-state index in [9.17, 15) is 14.9 Å². The van der Waals surface area contributed by atoms with Gasteiger partial charge in [-0.15, -0.1) is 0 Å². The Balaban J connectivity index is 1.81. The van der Waals surface area contributed by atoms with Crippen molar-refractivity contribution in [3.8, 4) is 11.5 Å². The fraction of sp³-hybridized carbons (Fsp3) is 0.0909. The Kier molecular flexibility index (Phi) is 3.46. The molecule has 23 heavy (non-hydrogen) atoms. The number of nitrogens with zero attached hydrogens (tertiary/aromatic N) is 4. The normalized spacial score (nSPS) is 12.5. The minimum atomic E-state index is -0.775. The molecule has 0 atom stereocenters. The Morgan fingerprint density at radius 1 is 1.39 bits per heavy atom. The van der Waals surface area contributed by atoms with E-state index in [4.69, 9.17) is 15.2 Å². The number of hydrogen-bond acceptors (Lipinski definition) is 10. The number of ether oxygens (including phenoxy) is 2. The molecule has 2 heterocycles. The molecule has 1 aliphatic rings. The number of hydrogen-bond donors (Lipinski definition) is 2. The molecule has 3 N–H and O–H groups in total. The van der Waals surface area contributed by atoms with Gasteiger partial charge in [-0.2, -0.15) is 5.10 Å². The molecule has 0 unspecified atom stereocenters. The number of anilines is 1. The number of nitrogens with one attached hydrogen (secondary N) is 1. The first-order valence-corrected chi connectivity index (χ1v) is 6.05. The summed E-state index contributed by atoms with van der Waals surface area (Å²) in [5.74, 6) is -0.372. The van der Waals surface area contributed by atoms with Crippen LogP contribution in [0.5, 0.6) is 11.5 Å². The number of rotatable bonds is 4. The van der Waals surface area contributed by atoms with Crippen LogP contribution in [0.4, 0.5) is 11.5 Å². The molecule has 1 amide bonds. The summed E-state index contributed by atoms with van der Waals surface area (Å²) in [5, 5.41) is 21.2. The van der Waals surface area contributed by atoms with E-state index in [1.54, 1.807) is 0 Å². The second-order valence-corrected chi connectivity index (χ2v) is 4.22. The predicted molar refractivity (Wildman–Crippen MR) is 73.0 cm³/mol. The average molecular weight is 320 g/mol. The van der Waals surface area contributed by atoms with Crippen LogP contribution in [0, 0.1) is 10.1 Å². The number of amides is 1. The zero-order valence-corrected chi connectivity index (χ0v) is 11.3. The van der Waals surface area contributed by atoms with Gasteiger partial charge < -0.3 is 15.2 Å². The Bertz CT molecular complexity index is 815. The standard InChI is InChI=1S/C11H8N6O6/c12-10-9(15-23-16-10)11(18)14-13-3-5-1-7-8(22-4-21-7)2-6(5)17(19)20/h1-3H,4H2,(H2,12,16)(H,14,18)/b13-3-. The van der Waals surface area contributed by atoms with Gasteiger partial charge in [-0.05, 0) is 16.4 Å². The highest BCUT2D eigenvalue weighted by Crippen LogP contribution is 2.37. The van der Waals surface area contributed by atoms with Gasteiger partial charge in [0.25, 0.3) is 11.6 Å². The number of benzene rings is 1. The van der Waals surface area contributed by atoms with Crippen molar-refractivity contribution >= 4 is 23.6 Å². The zero-order chi connectivity index (χ0) is 16.4. The summed E-state index contributed by atoms with van der Waals surface area (Å²) >= 11 is 0. The third kappa shape index (κ3) is 2.72. The number of carbonyl (C=O) groups is 1. The number of hydrazone groups is 1. The summed E-state index contributed by atoms with van der Waals surface area (Å²) in [6, 6.07) is 2.59. The van der Waals surface area contributed by atoms with Crippen LogP contribution < -0.4 is 20.6 Å². The molecule has 0 aliphatic carbocycles. The van der Waals surface area contributed by atoms with Crippen molar-refractivity contribution in [1.29, 1.82) is 0 Å². The van der Waals surface area contributed by atoms with Gasteiger partial charge in [-0.3, -0.25) is 14.9 Å². The molecule has 1 aliphatic heterocycles. The molecule has 12 nitrogen and oxygen atoms in total. The lowest BCUT2D eigenvalue weighted by molar-refractivity contribution is -0.385. The number of nitrogens with two attached hydrogens (primary N) is 1. The molecular formula is C11H8N6O6. The van der Waals surface area contributed by atoms with Gasteiger partial charge in [-0.1, -0.05) is 0 Å². The van der Waals surface area contributed by atoms with Crippen molar-refractivity contribution in [3.05, 3.63) is 33.5 Å². The van der Waals surface area contributed by atoms with E-state index in [1.807, 2.05) is 0 Å². The third-order valence-corrected chi connectivity index (χ3v) is 2.82. The molecule has 3 rings (SSSR count). The maximum Gasteiger partial charge on any atom is 0.297 e. The molecule has 0 bridgehead atoms. The molecule has 118 valence electrons. The van der Waals surface area contributed by atoms with Crippen molar-refractivity contribution in [3.63, 3.8) is 0 Å². The van der Waals surface area contributed by atoms with Gasteiger partial charge >= 0.3 is 0 Å². The van der Waals surface area contributed by atoms with Gasteiger partial charge in [0.2, 0.25) is 18.3 Å². The lowest BCUT2D eigenvalue weighted by Crippen LogP contribution is -2.19. The zero-order valence-electron chi connectivity index (χ0n) is 11.3. The Hall–Kier alpha value is -3.70. The van der Waals surface area contributed by atoms with Crippen LogP contribution in [0.1, 0.15) is 16.1 Å². The molecule has 0 saturated carbocycles. The highest BCUT2D eigenvalue weighted by atomic mass is 16.7. The quantitative estimate of drug-likeness (QED) is 0.449. The number of nitro groups is 1. The lowest BCUT2D eigenvalue weighted by atomic mass is 10.1. The first kappa shape index (κ1) is 14.2. The summed E-state index contributed by atoms with van der Waals surface area (Å²) < 4.78 is 14.5. The topological polar surface area (TPSA) is 168 Å². The SMILES string of the molecule is Nc1nonc1C(=O)N/N=C\c1cc2c(cc1[N+](=O)[O-])OCO2. The first-order valence-electron chi connectivity index (χ1n) is 6.05. The largest absolute Gasteiger partial charge is 0.454 e. The first-order chi connectivity index (χ1) is 11.1. The van der Waals surface area contributed by atoms with Crippen molar-refractivity contribution in [2.45, 2.75) is 0 Å². The van der Waals surface area contributed by atoms with Crippen LogP contribution in [-0.2, 0) is 0 Å². The Labute approximate surface area is 127 Å². The molecule has 12 heteroatoms. The van der Waals surface area contributed by atoms with Crippen LogP contribution in [0.15, 0.2) is 21.9 Å². The smallest absolute Gasteiger partial charge is 0.297 e. The van der Waals surface area contributed by atoms with E-state index >= 15 is 0 Å². The Morgan fingerprint density at radius 3 is 2.78 bits per heavy atom. The molecule has 0 fully saturated rings. The number of carbonyl (C=O) groups excluding carboxylic acids is 1. The average Bonchev–Trinajstić information content (AvgIpc) is 3.14. The molecule has 2 aromatic rings. The minimum Gasteiger partial charge on any atom is -0.454 e. The summed E-state index contributed by atoms with van der Waals surface area (Å²) in [7, 11) is 0. The third-order valence-electron chi connectivity index (χ3n) is 2.82. The van der Waals surface area contributed by atoms with Gasteiger partial charge in [-0.25, -0.2) is 10.1 Å². The maximum atomic E-state index is 11.7. The van der Waals surface area contributed by atoms with Gasteiger partial charge in [0, 0.05) is 0 Å². The Morgan fingerprint density at radius 2 is 2.13 bits per heavy atom. The number of nitro benzene ring substituents is 1. The van der Waals surface area contributed by atoms with Crippen LogP contribution >= 0.6 is 0 Å². The fourth-order valence-electron chi connectivity index (χ4n) is 1.77. The van der Waals surface area contributed by atoms with Crippen LogP contribution in [0.3, 0.4) is 0 Å². The van der Waals surface area contributed by atoms with Crippen LogP contribution in [-0.4, -0.2) is 34.2 Å². The van der Waals surface area contributed by atoms with E-state index in [-0.39, 0.29) is 35.3 Å². The maximum absolute atomic E-state index is 11.7. The van der Waals surface area contributed by atoms with E-state index in [0.717, 1.165) is 6.21 Å². The van der Waals surface area contributed by atoms with Crippen LogP contribution in [0.2, 0.25) is 0 Å². The monoisotopic (exact) mass is 320 g/mol. The molecule has 1 aromatic heterocycles. The molecule has 1 aromatic carbocycles. The van der Waals surface area contributed by atoms with Gasteiger partial charge in [0.1, 0.15) is 0 Å². The van der Waals surface area contributed by atoms with E-state index in [2.05, 4.69) is 25.5 Å². The number of aromatic nitrogens is 2. The summed E-state index contributed by atoms with van der Waals surface area (Å²) in [6.45, 7) is -0.0255. The summed E-state index contributed by atoms with van der Waals surface area (Å²) in [4.78, 5) is 22.1. The summed E-state index contributed by atoms with van der Waals surface area (Å²) in [6.07, 6.45) is 1.09. The molecule has 0 spiro atoms. The lowest BCUT2D eigenvalue weighted by Gasteiger charge is -2.00. The van der Waals surface area contributed by atoms with E-state index < -0.39 is 10.8 Å². The van der Waals surface area contributed by atoms with Crippen molar-refractivity contribution in [1.82, 2.24) is 15.7 Å². The van der Waals surface area contributed by atoms with Crippen LogP contribution in [0.25, 0.3) is 0 Å². The van der Waals surface area contributed by atoms with Gasteiger partial charge in [0.05, 0.1) is 22.8 Å². The molecule has 0 saturated heterocycles. The fourth-order valence-corrected chi connectivity index (χ4v) is 1.77. The minimum absolute atomic E-state index is 0.0255. The second-order valence-electron chi connectivity index (χ2n) is 4.22.